The molecule has 2 N–H and O–H groups in total. The van der Waals surface area contributed by atoms with E-state index in [9.17, 15) is 5.11 Å². The van der Waals surface area contributed by atoms with Gasteiger partial charge in [-0.1, -0.05) is 13.8 Å². The molecule has 0 rings (SSSR count). The van der Waals surface area contributed by atoms with Gasteiger partial charge in [0.2, 0.25) is 0 Å². The van der Waals surface area contributed by atoms with Crippen molar-refractivity contribution in [2.24, 2.45) is 5.41 Å². The lowest BCUT2D eigenvalue weighted by Crippen LogP contribution is -2.39. The van der Waals surface area contributed by atoms with E-state index in [-0.39, 0.29) is 5.41 Å². The summed E-state index contributed by atoms with van der Waals surface area (Å²) in [6.07, 6.45) is 0.510. The van der Waals surface area contributed by atoms with Gasteiger partial charge >= 0.3 is 0 Å². The fourth-order valence-corrected chi connectivity index (χ4v) is 0.478. The average Bonchev–Trinajstić information content (AvgIpc) is 1.61. The topological polar surface area (TPSA) is 40.5 Å². The second-order valence-corrected chi connectivity index (χ2v) is 3.83. The van der Waals surface area contributed by atoms with Crippen LogP contribution in [0.25, 0.3) is 0 Å². The van der Waals surface area contributed by atoms with E-state index in [0.717, 1.165) is 7.48 Å². The molecule has 59 valence electrons. The van der Waals surface area contributed by atoms with Crippen LogP contribution in [0.5, 0.6) is 0 Å². The first-order valence-corrected chi connectivity index (χ1v) is 3.49. The van der Waals surface area contributed by atoms with Gasteiger partial charge in [-0.25, -0.2) is 0 Å². The monoisotopic (exact) mass is 143 g/mol. The van der Waals surface area contributed by atoms with Gasteiger partial charge in [-0.15, -0.1) is 0 Å². The summed E-state index contributed by atoms with van der Waals surface area (Å²) in [6.45, 7) is 7.33. The molecule has 0 saturated carbocycles. The maximum atomic E-state index is 9.55. The molecule has 0 aromatic carbocycles. The molecule has 10 heavy (non-hydrogen) atoms. The number of hydrogen-bond donors (Lipinski definition) is 2. The fourth-order valence-electron chi connectivity index (χ4n) is 0.478. The molecular formula is C7H16BO2. The molecule has 0 aromatic heterocycles. The SMILES string of the molecule is CC(C)(O)C(C)(C)C[B]O. The Morgan fingerprint density at radius 1 is 1.20 bits per heavy atom. The lowest BCUT2D eigenvalue weighted by Gasteiger charge is -2.36. The van der Waals surface area contributed by atoms with Crippen molar-refractivity contribution in [2.75, 3.05) is 0 Å². The zero-order chi connectivity index (χ0) is 8.41. The maximum absolute atomic E-state index is 9.55. The zero-order valence-corrected chi connectivity index (χ0v) is 7.18. The second kappa shape index (κ2) is 2.93. The molecule has 0 unspecified atom stereocenters. The third-order valence-electron chi connectivity index (χ3n) is 2.26. The molecule has 0 fully saturated rings. The number of rotatable bonds is 3. The van der Waals surface area contributed by atoms with Crippen molar-refractivity contribution in [1.29, 1.82) is 0 Å². The molecule has 1 radical (unpaired) electrons. The van der Waals surface area contributed by atoms with Gasteiger partial charge in [0.1, 0.15) is 0 Å². The van der Waals surface area contributed by atoms with E-state index in [4.69, 9.17) is 5.02 Å². The van der Waals surface area contributed by atoms with Crippen molar-refractivity contribution < 1.29 is 10.1 Å². The molecular weight excluding hydrogens is 127 g/mol. The van der Waals surface area contributed by atoms with Gasteiger partial charge in [0, 0.05) is 0 Å². The minimum absolute atomic E-state index is 0.262. The number of hydrogen-bond acceptors (Lipinski definition) is 2. The van der Waals surface area contributed by atoms with Gasteiger partial charge in [0.25, 0.3) is 7.48 Å². The number of aliphatic hydroxyl groups is 1. The highest BCUT2D eigenvalue weighted by Crippen LogP contribution is 2.33. The molecule has 0 spiro atoms. The van der Waals surface area contributed by atoms with Crippen molar-refractivity contribution in [2.45, 2.75) is 39.6 Å². The summed E-state index contributed by atoms with van der Waals surface area (Å²) in [4.78, 5) is 0. The van der Waals surface area contributed by atoms with Crippen molar-refractivity contribution in [1.82, 2.24) is 0 Å². The Labute approximate surface area is 63.5 Å². The molecule has 0 atom stereocenters. The van der Waals surface area contributed by atoms with E-state index >= 15 is 0 Å². The van der Waals surface area contributed by atoms with Crippen LogP contribution in [0.2, 0.25) is 6.32 Å². The van der Waals surface area contributed by atoms with Crippen molar-refractivity contribution >= 4 is 7.48 Å². The highest BCUT2D eigenvalue weighted by Gasteiger charge is 2.34. The summed E-state index contributed by atoms with van der Waals surface area (Å²) in [6, 6.07) is 0. The maximum Gasteiger partial charge on any atom is 0.287 e. The van der Waals surface area contributed by atoms with Crippen LogP contribution in [0.15, 0.2) is 0 Å². The second-order valence-electron chi connectivity index (χ2n) is 3.83. The van der Waals surface area contributed by atoms with Crippen LogP contribution in [-0.4, -0.2) is 23.2 Å². The summed E-state index contributed by atoms with van der Waals surface area (Å²) in [5.41, 5.74) is -1.01. The Morgan fingerprint density at radius 3 is 1.70 bits per heavy atom. The van der Waals surface area contributed by atoms with Gasteiger partial charge in [-0.3, -0.25) is 0 Å². The normalized spacial score (nSPS) is 13.4. The molecule has 0 amide bonds. The Kier molecular flexibility index (Phi) is 2.92. The minimum atomic E-state index is -0.744. The van der Waals surface area contributed by atoms with E-state index in [1.807, 2.05) is 13.8 Å². The van der Waals surface area contributed by atoms with Crippen LogP contribution in [0.1, 0.15) is 27.7 Å². The van der Waals surface area contributed by atoms with Crippen LogP contribution in [0.3, 0.4) is 0 Å². The third kappa shape index (κ3) is 2.31. The molecule has 0 saturated heterocycles. The average molecular weight is 143 g/mol. The first-order valence-electron chi connectivity index (χ1n) is 3.49. The smallest absolute Gasteiger partial charge is 0.287 e. The molecule has 2 nitrogen and oxygen atoms in total. The Hall–Kier alpha value is -0.0151. The first kappa shape index (κ1) is 9.98. The van der Waals surface area contributed by atoms with Crippen molar-refractivity contribution in [3.63, 3.8) is 0 Å². The van der Waals surface area contributed by atoms with E-state index in [0.29, 0.717) is 6.32 Å². The minimum Gasteiger partial charge on any atom is -0.454 e. The van der Waals surface area contributed by atoms with Crippen LogP contribution < -0.4 is 0 Å². The molecule has 0 aromatic rings. The lowest BCUT2D eigenvalue weighted by molar-refractivity contribution is -0.0246. The fraction of sp³-hybridized carbons (Fsp3) is 1.00. The molecule has 0 bridgehead atoms. The molecule has 0 aliphatic rings. The van der Waals surface area contributed by atoms with Crippen LogP contribution in [0.4, 0.5) is 0 Å². The van der Waals surface area contributed by atoms with E-state index in [2.05, 4.69) is 0 Å². The molecule has 0 heterocycles. The quantitative estimate of drug-likeness (QED) is 0.574. The van der Waals surface area contributed by atoms with E-state index in [1.54, 1.807) is 13.8 Å². The predicted molar refractivity (Wildman–Crippen MR) is 42.9 cm³/mol. The summed E-state index contributed by atoms with van der Waals surface area (Å²) in [5.74, 6) is 0. The molecule has 3 heteroatoms. The molecule has 0 aliphatic heterocycles. The van der Waals surface area contributed by atoms with Gasteiger partial charge in [-0.05, 0) is 25.6 Å². The third-order valence-corrected chi connectivity index (χ3v) is 2.26. The zero-order valence-electron chi connectivity index (χ0n) is 7.18. The highest BCUT2D eigenvalue weighted by molar-refractivity contribution is 6.25. The van der Waals surface area contributed by atoms with Crippen LogP contribution in [0, 0.1) is 5.41 Å². The van der Waals surface area contributed by atoms with E-state index in [1.165, 1.54) is 0 Å². The summed E-state index contributed by atoms with van der Waals surface area (Å²) >= 11 is 0. The van der Waals surface area contributed by atoms with E-state index < -0.39 is 5.60 Å². The van der Waals surface area contributed by atoms with Crippen LogP contribution >= 0.6 is 0 Å². The van der Waals surface area contributed by atoms with Gasteiger partial charge in [-0.2, -0.15) is 0 Å². The van der Waals surface area contributed by atoms with Crippen molar-refractivity contribution in [3.8, 4) is 0 Å². The summed E-state index contributed by atoms with van der Waals surface area (Å²) < 4.78 is 0. The Morgan fingerprint density at radius 2 is 1.60 bits per heavy atom. The standard InChI is InChI=1S/C7H16BO2/c1-6(2,5-8-10)7(3,4)9/h9-10H,5H2,1-4H3. The van der Waals surface area contributed by atoms with Crippen LogP contribution in [-0.2, 0) is 0 Å². The van der Waals surface area contributed by atoms with Gasteiger partial charge in [0.15, 0.2) is 0 Å². The van der Waals surface area contributed by atoms with Gasteiger partial charge in [0.05, 0.1) is 5.60 Å². The summed E-state index contributed by atoms with van der Waals surface area (Å²) in [5, 5.41) is 18.1. The lowest BCUT2D eigenvalue weighted by atomic mass is 9.66. The highest BCUT2D eigenvalue weighted by atomic mass is 16.3. The van der Waals surface area contributed by atoms with Crippen molar-refractivity contribution in [3.05, 3.63) is 0 Å². The predicted octanol–water partition coefficient (Wildman–Crippen LogP) is 0.813. The largest absolute Gasteiger partial charge is 0.454 e. The summed E-state index contributed by atoms with van der Waals surface area (Å²) in [7, 11) is 1.10. The Balaban J connectivity index is 4.10. The molecule has 0 aliphatic carbocycles. The Bertz CT molecular complexity index is 105. The first-order chi connectivity index (χ1) is 4.31. The van der Waals surface area contributed by atoms with Gasteiger partial charge < -0.3 is 10.1 Å².